The molecule has 3 atom stereocenters. The molecule has 1 aliphatic rings. The molecular formula is C18H39NSi. The molecule has 0 heterocycles. The maximum Gasteiger partial charge on any atom is 0.0373 e. The Hall–Kier alpha value is 0.177. The van der Waals surface area contributed by atoms with Crippen LogP contribution in [-0.4, -0.2) is 33.7 Å². The zero-order chi connectivity index (χ0) is 15.3. The van der Waals surface area contributed by atoms with E-state index in [1.165, 1.54) is 38.6 Å². The zero-order valence-corrected chi connectivity index (χ0v) is 16.6. The first-order valence-electron chi connectivity index (χ1n) is 9.03. The molecule has 0 bridgehead atoms. The highest BCUT2D eigenvalue weighted by atomic mass is 28.2. The summed E-state index contributed by atoms with van der Waals surface area (Å²) < 4.78 is 0. The second-order valence-electron chi connectivity index (χ2n) is 8.13. The van der Waals surface area contributed by atoms with Gasteiger partial charge in [0.2, 0.25) is 0 Å². The minimum Gasteiger partial charge on any atom is -0.307 e. The van der Waals surface area contributed by atoms with Crippen molar-refractivity contribution in [2.24, 2.45) is 23.2 Å². The first kappa shape index (κ1) is 18.2. The average molecular weight is 298 g/mol. The van der Waals surface area contributed by atoms with E-state index in [1.54, 1.807) is 0 Å². The largest absolute Gasteiger partial charge is 0.307 e. The second kappa shape index (κ2) is 7.98. The lowest BCUT2D eigenvalue weighted by molar-refractivity contribution is 0.0859. The molecule has 0 amide bonds. The normalized spacial score (nSPS) is 21.6. The van der Waals surface area contributed by atoms with Gasteiger partial charge in [0.05, 0.1) is 0 Å². The lowest BCUT2D eigenvalue weighted by Crippen LogP contribution is -2.41. The summed E-state index contributed by atoms with van der Waals surface area (Å²) in [6, 6.07) is 0. The van der Waals surface area contributed by atoms with Crippen molar-refractivity contribution >= 4 is 9.52 Å². The predicted molar refractivity (Wildman–Crippen MR) is 95.2 cm³/mol. The Kier molecular flexibility index (Phi) is 7.27. The molecule has 1 saturated carbocycles. The van der Waals surface area contributed by atoms with Gasteiger partial charge in [-0.2, -0.15) is 0 Å². The van der Waals surface area contributed by atoms with Gasteiger partial charge in [-0.05, 0) is 55.1 Å². The Morgan fingerprint density at radius 1 is 1.25 bits per heavy atom. The van der Waals surface area contributed by atoms with Crippen molar-refractivity contribution in [2.45, 2.75) is 78.9 Å². The van der Waals surface area contributed by atoms with Gasteiger partial charge in [-0.25, -0.2) is 0 Å². The summed E-state index contributed by atoms with van der Waals surface area (Å²) >= 11 is 0. The zero-order valence-electron chi connectivity index (χ0n) is 15.2. The highest BCUT2D eigenvalue weighted by Gasteiger charge is 2.43. The molecule has 0 saturated heterocycles. The Bertz CT molecular complexity index is 273. The summed E-state index contributed by atoms with van der Waals surface area (Å²) in [5.74, 6) is 2.81. The fraction of sp³-hybridized carbons (Fsp3) is 1.00. The fourth-order valence-corrected chi connectivity index (χ4v) is 4.96. The van der Waals surface area contributed by atoms with Crippen LogP contribution in [0.2, 0.25) is 6.55 Å². The predicted octanol–water partition coefficient (Wildman–Crippen LogP) is 4.36. The third-order valence-corrected chi connectivity index (χ3v) is 7.54. The number of nitrogens with zero attached hydrogens (tertiary/aromatic N) is 1. The standard InChI is InChI=1S/C18H39NSi/c1-8-9-12-18(4,5)17(16-10-11-16)14(2)13-19(6)15(3)20-7/h14-17H,8-13,20H2,1-7H3. The molecule has 0 N–H and O–H groups in total. The first-order valence-corrected chi connectivity index (χ1v) is 11.3. The van der Waals surface area contributed by atoms with Crippen LogP contribution in [0.15, 0.2) is 0 Å². The molecule has 0 radical (unpaired) electrons. The molecule has 0 aromatic carbocycles. The highest BCUT2D eigenvalue weighted by molar-refractivity contribution is 6.35. The molecule has 0 aromatic heterocycles. The molecule has 120 valence electrons. The van der Waals surface area contributed by atoms with Gasteiger partial charge in [-0.3, -0.25) is 0 Å². The minimum atomic E-state index is 0.0981. The average Bonchev–Trinajstić information content (AvgIpc) is 3.19. The third-order valence-electron chi connectivity index (χ3n) is 5.74. The van der Waals surface area contributed by atoms with Gasteiger partial charge in [0, 0.05) is 16.1 Å². The topological polar surface area (TPSA) is 3.24 Å². The fourth-order valence-electron chi connectivity index (χ4n) is 4.19. The van der Waals surface area contributed by atoms with Gasteiger partial charge in [0.1, 0.15) is 0 Å². The van der Waals surface area contributed by atoms with Crippen LogP contribution in [0.4, 0.5) is 0 Å². The number of unbranched alkanes of at least 4 members (excludes halogenated alkanes) is 1. The first-order chi connectivity index (χ1) is 9.33. The van der Waals surface area contributed by atoms with Crippen molar-refractivity contribution in [3.05, 3.63) is 0 Å². The van der Waals surface area contributed by atoms with Crippen molar-refractivity contribution in [3.63, 3.8) is 0 Å². The van der Waals surface area contributed by atoms with Crippen LogP contribution in [0, 0.1) is 23.2 Å². The van der Waals surface area contributed by atoms with E-state index in [-0.39, 0.29) is 9.52 Å². The van der Waals surface area contributed by atoms with Gasteiger partial charge < -0.3 is 4.90 Å². The summed E-state index contributed by atoms with van der Waals surface area (Å²) in [5, 5.41) is 0. The Morgan fingerprint density at radius 2 is 1.85 bits per heavy atom. The van der Waals surface area contributed by atoms with E-state index in [9.17, 15) is 0 Å². The molecular weight excluding hydrogens is 258 g/mol. The quantitative estimate of drug-likeness (QED) is 0.542. The van der Waals surface area contributed by atoms with Crippen molar-refractivity contribution in [1.82, 2.24) is 4.90 Å². The van der Waals surface area contributed by atoms with Crippen LogP contribution in [-0.2, 0) is 0 Å². The van der Waals surface area contributed by atoms with Crippen LogP contribution in [0.5, 0.6) is 0 Å². The second-order valence-corrected chi connectivity index (χ2v) is 10.1. The van der Waals surface area contributed by atoms with Crippen LogP contribution >= 0.6 is 0 Å². The van der Waals surface area contributed by atoms with Crippen LogP contribution in [0.3, 0.4) is 0 Å². The van der Waals surface area contributed by atoms with Gasteiger partial charge in [-0.15, -0.1) is 0 Å². The molecule has 0 aliphatic heterocycles. The smallest absolute Gasteiger partial charge is 0.0373 e. The van der Waals surface area contributed by atoms with E-state index in [1.807, 2.05) is 0 Å². The van der Waals surface area contributed by atoms with Gasteiger partial charge in [0.15, 0.2) is 0 Å². The van der Waals surface area contributed by atoms with Crippen LogP contribution in [0.25, 0.3) is 0 Å². The van der Waals surface area contributed by atoms with Crippen molar-refractivity contribution < 1.29 is 0 Å². The van der Waals surface area contributed by atoms with Gasteiger partial charge in [-0.1, -0.05) is 54.0 Å². The van der Waals surface area contributed by atoms with E-state index in [2.05, 4.69) is 53.1 Å². The molecule has 1 nitrogen and oxygen atoms in total. The van der Waals surface area contributed by atoms with E-state index in [4.69, 9.17) is 0 Å². The lowest BCUT2D eigenvalue weighted by Gasteiger charge is -2.41. The minimum absolute atomic E-state index is 0.0981. The monoisotopic (exact) mass is 297 g/mol. The molecule has 0 spiro atoms. The van der Waals surface area contributed by atoms with Crippen molar-refractivity contribution in [3.8, 4) is 0 Å². The SMILES string of the molecule is CCCCC(C)(C)C(C(C)CN(C)C(C)[SiH2]C)C1CC1. The number of hydrogen-bond acceptors (Lipinski definition) is 1. The Morgan fingerprint density at radius 3 is 2.30 bits per heavy atom. The van der Waals surface area contributed by atoms with E-state index >= 15 is 0 Å². The molecule has 20 heavy (non-hydrogen) atoms. The number of hydrogen-bond donors (Lipinski definition) is 0. The summed E-state index contributed by atoms with van der Waals surface area (Å²) in [5.41, 5.74) is 1.39. The van der Waals surface area contributed by atoms with E-state index < -0.39 is 0 Å². The molecule has 3 unspecified atom stereocenters. The van der Waals surface area contributed by atoms with E-state index in [0.717, 1.165) is 23.4 Å². The van der Waals surface area contributed by atoms with Crippen molar-refractivity contribution in [1.29, 1.82) is 0 Å². The molecule has 2 heteroatoms. The maximum absolute atomic E-state index is 2.64. The lowest BCUT2D eigenvalue weighted by atomic mass is 9.67. The third kappa shape index (κ3) is 5.18. The Labute approximate surface area is 130 Å². The maximum atomic E-state index is 2.64. The highest BCUT2D eigenvalue weighted by Crippen LogP contribution is 2.51. The molecule has 0 aromatic rings. The van der Waals surface area contributed by atoms with Gasteiger partial charge >= 0.3 is 0 Å². The summed E-state index contributed by atoms with van der Waals surface area (Å²) in [6.45, 7) is 16.1. The Balaban J connectivity index is 2.65. The molecule has 1 aliphatic carbocycles. The molecule has 1 fully saturated rings. The summed E-state index contributed by atoms with van der Waals surface area (Å²) in [6.07, 6.45) is 7.14. The van der Waals surface area contributed by atoms with E-state index in [0.29, 0.717) is 5.41 Å². The van der Waals surface area contributed by atoms with Crippen molar-refractivity contribution in [2.75, 3.05) is 13.6 Å². The summed E-state index contributed by atoms with van der Waals surface area (Å²) in [7, 11) is 2.45. The number of rotatable bonds is 10. The van der Waals surface area contributed by atoms with Gasteiger partial charge in [0.25, 0.3) is 0 Å². The van der Waals surface area contributed by atoms with Crippen LogP contribution in [0.1, 0.15) is 66.7 Å². The van der Waals surface area contributed by atoms with Crippen LogP contribution < -0.4 is 0 Å². The summed E-state index contributed by atoms with van der Waals surface area (Å²) in [4.78, 5) is 2.64. The molecule has 1 rings (SSSR count).